The Morgan fingerprint density at radius 3 is 2.72 bits per heavy atom. The van der Waals surface area contributed by atoms with E-state index < -0.39 is 11.4 Å². The maximum Gasteiger partial charge on any atom is 0.185 e. The average Bonchev–Trinajstić information content (AvgIpc) is 2.94. The molecular weight excluding hydrogens is 429 g/mol. The van der Waals surface area contributed by atoms with Crippen molar-refractivity contribution in [2.24, 2.45) is 10.7 Å². The maximum absolute atomic E-state index is 15.0. The summed E-state index contributed by atoms with van der Waals surface area (Å²) in [6.07, 6.45) is 1.62. The molecule has 0 saturated carbocycles. The summed E-state index contributed by atoms with van der Waals surface area (Å²) in [6, 6.07) is 17.6. The highest BCUT2D eigenvalue weighted by Gasteiger charge is 2.36. The Labute approximate surface area is 191 Å². The lowest BCUT2D eigenvalue weighted by atomic mass is 9.83. The van der Waals surface area contributed by atoms with E-state index in [9.17, 15) is 4.79 Å². The van der Waals surface area contributed by atoms with Crippen LogP contribution in [0, 0.1) is 5.82 Å². The zero-order valence-electron chi connectivity index (χ0n) is 17.6. The number of carbonyl (C=O) groups excluding carboxylic acids is 1. The van der Waals surface area contributed by atoms with Crippen molar-refractivity contribution in [2.45, 2.75) is 31.4 Å². The monoisotopic (exact) mass is 451 g/mol. The van der Waals surface area contributed by atoms with Crippen LogP contribution in [0.5, 0.6) is 0 Å². The van der Waals surface area contributed by atoms with Crippen molar-refractivity contribution in [2.75, 3.05) is 6.61 Å². The largest absolute Gasteiger partial charge is 0.386 e. The highest BCUT2D eigenvalue weighted by Crippen LogP contribution is 2.40. The number of carbonyl (C=O) groups is 1. The van der Waals surface area contributed by atoms with Crippen LogP contribution in [0.15, 0.2) is 71.9 Å². The van der Waals surface area contributed by atoms with Crippen molar-refractivity contribution in [3.05, 3.63) is 100 Å². The third-order valence-electron chi connectivity index (χ3n) is 5.57. The van der Waals surface area contributed by atoms with E-state index in [1.807, 2.05) is 37.3 Å². The van der Waals surface area contributed by atoms with E-state index >= 15 is 4.39 Å². The number of Topliss-reactive ketones (excluding diaryl/α,β-unsaturated/α-hetero) is 1. The van der Waals surface area contributed by atoms with Crippen LogP contribution in [0.1, 0.15) is 46.6 Å². The van der Waals surface area contributed by atoms with Crippen molar-refractivity contribution in [1.82, 2.24) is 4.98 Å². The van der Waals surface area contributed by atoms with Crippen LogP contribution in [-0.4, -0.2) is 23.2 Å². The number of ether oxygens (including phenoxy) is 1. The highest BCUT2D eigenvalue weighted by atomic mass is 35.5. The number of aliphatic imine (C=N–C) groups is 1. The molecule has 2 heterocycles. The summed E-state index contributed by atoms with van der Waals surface area (Å²) in [6.45, 7) is 2.01. The van der Waals surface area contributed by atoms with Gasteiger partial charge in [-0.3, -0.25) is 14.8 Å². The van der Waals surface area contributed by atoms with Crippen molar-refractivity contribution < 1.29 is 13.9 Å². The first-order chi connectivity index (χ1) is 15.3. The number of rotatable bonds is 5. The van der Waals surface area contributed by atoms with Crippen LogP contribution in [0.2, 0.25) is 5.02 Å². The van der Waals surface area contributed by atoms with Gasteiger partial charge in [0.25, 0.3) is 0 Å². The number of hydrogen-bond donors (Lipinski definition) is 1. The number of amidine groups is 1. The molecule has 1 aromatic heterocycles. The van der Waals surface area contributed by atoms with Gasteiger partial charge in [0.15, 0.2) is 5.78 Å². The Bertz CT molecular complexity index is 1150. The van der Waals surface area contributed by atoms with Gasteiger partial charge in [-0.15, -0.1) is 0 Å². The van der Waals surface area contributed by atoms with E-state index in [2.05, 4.69) is 9.98 Å². The second-order valence-electron chi connectivity index (χ2n) is 8.07. The van der Waals surface area contributed by atoms with E-state index in [-0.39, 0.29) is 24.9 Å². The van der Waals surface area contributed by atoms with E-state index in [1.165, 1.54) is 12.3 Å². The second kappa shape index (κ2) is 9.18. The molecule has 0 radical (unpaired) electrons. The summed E-state index contributed by atoms with van der Waals surface area (Å²) in [7, 11) is 0. The Kier molecular flexibility index (Phi) is 6.35. The fourth-order valence-corrected chi connectivity index (χ4v) is 4.08. The highest BCUT2D eigenvalue weighted by molar-refractivity contribution is 6.30. The molecule has 5 nitrogen and oxygen atoms in total. The molecule has 1 aliphatic rings. The van der Waals surface area contributed by atoms with Crippen LogP contribution in [0.4, 0.5) is 4.39 Å². The molecule has 7 heteroatoms. The van der Waals surface area contributed by atoms with E-state index in [4.69, 9.17) is 22.1 Å². The Hall–Kier alpha value is -3.09. The van der Waals surface area contributed by atoms with E-state index in [0.717, 1.165) is 5.56 Å². The van der Waals surface area contributed by atoms with Gasteiger partial charge in [0.05, 0.1) is 16.7 Å². The zero-order valence-corrected chi connectivity index (χ0v) is 18.3. The molecule has 164 valence electrons. The van der Waals surface area contributed by atoms with Crippen molar-refractivity contribution in [3.63, 3.8) is 0 Å². The Morgan fingerprint density at radius 1 is 1.22 bits per heavy atom. The van der Waals surface area contributed by atoms with Gasteiger partial charge < -0.3 is 10.5 Å². The quantitative estimate of drug-likeness (QED) is 0.551. The van der Waals surface area contributed by atoms with Gasteiger partial charge in [-0.1, -0.05) is 48.0 Å². The maximum atomic E-state index is 15.0. The second-order valence-corrected chi connectivity index (χ2v) is 8.50. The Balaban J connectivity index is 1.65. The minimum Gasteiger partial charge on any atom is -0.386 e. The molecule has 0 amide bonds. The minimum atomic E-state index is -0.956. The number of ketones is 1. The number of nitrogens with two attached hydrogens (primary N) is 1. The van der Waals surface area contributed by atoms with Crippen LogP contribution in [-0.2, 0) is 16.7 Å². The van der Waals surface area contributed by atoms with Crippen molar-refractivity contribution >= 4 is 23.2 Å². The lowest BCUT2D eigenvalue weighted by Gasteiger charge is -2.29. The SMILES string of the molecule is C[C@@]1(c2cc(CC(=O)c3ccc(Cl)cn3)ccc2F)C[C@@H](c2ccccc2)OCC(N)=N1. The molecule has 0 saturated heterocycles. The lowest BCUT2D eigenvalue weighted by molar-refractivity contribution is 0.0647. The molecule has 0 fully saturated rings. The number of aromatic nitrogens is 1. The fraction of sp³-hybridized carbons (Fsp3) is 0.240. The first kappa shape index (κ1) is 22.1. The summed E-state index contributed by atoms with van der Waals surface area (Å²) in [5, 5.41) is 0.456. The van der Waals surface area contributed by atoms with Gasteiger partial charge in [0.2, 0.25) is 0 Å². The predicted molar refractivity (Wildman–Crippen MR) is 122 cm³/mol. The normalized spacial score (nSPS) is 21.0. The van der Waals surface area contributed by atoms with Gasteiger partial charge in [0.1, 0.15) is 24.0 Å². The summed E-state index contributed by atoms with van der Waals surface area (Å²) < 4.78 is 21.0. The van der Waals surface area contributed by atoms with Crippen LogP contribution in [0.3, 0.4) is 0 Å². The summed E-state index contributed by atoms with van der Waals surface area (Å²) in [4.78, 5) is 21.3. The summed E-state index contributed by atoms with van der Waals surface area (Å²) in [5.74, 6) is -0.283. The molecule has 2 atom stereocenters. The van der Waals surface area contributed by atoms with Crippen molar-refractivity contribution in [1.29, 1.82) is 0 Å². The molecule has 0 unspecified atom stereocenters. The third kappa shape index (κ3) is 4.87. The summed E-state index contributed by atoms with van der Waals surface area (Å²) >= 11 is 5.85. The molecule has 0 spiro atoms. The molecule has 2 N–H and O–H groups in total. The van der Waals surface area contributed by atoms with Gasteiger partial charge in [0, 0.05) is 24.6 Å². The molecule has 0 aliphatic carbocycles. The molecule has 0 bridgehead atoms. The standard InChI is InChI=1S/C25H23ClFN3O2/c1-25(13-23(32-15-24(28)30-25)17-5-3-2-4-6-17)19-11-16(7-9-20(19)27)12-22(31)21-10-8-18(26)14-29-21/h2-11,14,23H,12-13,15H2,1H3,(H2,28,30)/t23-,25-/m0/s1. The van der Waals surface area contributed by atoms with Gasteiger partial charge in [-0.25, -0.2) is 4.39 Å². The Morgan fingerprint density at radius 2 is 2.00 bits per heavy atom. The fourth-order valence-electron chi connectivity index (χ4n) is 3.96. The first-order valence-corrected chi connectivity index (χ1v) is 10.7. The number of halogens is 2. The van der Waals surface area contributed by atoms with Gasteiger partial charge in [-0.2, -0.15) is 0 Å². The smallest absolute Gasteiger partial charge is 0.185 e. The molecule has 1 aliphatic heterocycles. The number of nitrogens with zero attached hydrogens (tertiary/aromatic N) is 2. The molecular formula is C25H23ClFN3O2. The lowest BCUT2D eigenvalue weighted by Crippen LogP contribution is -2.26. The number of hydrogen-bond acceptors (Lipinski definition) is 5. The first-order valence-electron chi connectivity index (χ1n) is 10.3. The number of benzene rings is 2. The van der Waals surface area contributed by atoms with Crippen molar-refractivity contribution in [3.8, 4) is 0 Å². The molecule has 32 heavy (non-hydrogen) atoms. The predicted octanol–water partition coefficient (Wildman–Crippen LogP) is 5.03. The molecule has 3 aromatic rings. The van der Waals surface area contributed by atoms with Crippen LogP contribution >= 0.6 is 11.6 Å². The van der Waals surface area contributed by atoms with E-state index in [0.29, 0.717) is 34.1 Å². The van der Waals surface area contributed by atoms with Crippen LogP contribution < -0.4 is 5.73 Å². The molecule has 2 aromatic carbocycles. The minimum absolute atomic E-state index is 0.0792. The summed E-state index contributed by atoms with van der Waals surface area (Å²) in [5.41, 5.74) is 7.44. The average molecular weight is 452 g/mol. The molecule has 4 rings (SSSR count). The van der Waals surface area contributed by atoms with E-state index in [1.54, 1.807) is 24.3 Å². The zero-order chi connectivity index (χ0) is 22.7. The van der Waals surface area contributed by atoms with Gasteiger partial charge in [-0.05, 0) is 42.3 Å². The topological polar surface area (TPSA) is 77.6 Å². The number of pyridine rings is 1. The van der Waals surface area contributed by atoms with Gasteiger partial charge >= 0.3 is 0 Å². The third-order valence-corrected chi connectivity index (χ3v) is 5.79. The van der Waals surface area contributed by atoms with Crippen LogP contribution in [0.25, 0.3) is 0 Å².